The van der Waals surface area contributed by atoms with Crippen molar-refractivity contribution in [1.29, 1.82) is 0 Å². The zero-order chi connectivity index (χ0) is 29.2. The molecule has 3 aromatic rings. The Kier molecular flexibility index (Phi) is 8.85. The molecular formula is C29H37Cl2N5O4. The van der Waals surface area contributed by atoms with Crippen LogP contribution in [0.15, 0.2) is 36.4 Å². The van der Waals surface area contributed by atoms with Crippen LogP contribution in [-0.2, 0) is 22.4 Å². The Balaban J connectivity index is 1.71. The van der Waals surface area contributed by atoms with E-state index < -0.39 is 23.4 Å². The van der Waals surface area contributed by atoms with Gasteiger partial charge in [-0.25, -0.2) is 14.1 Å². The summed E-state index contributed by atoms with van der Waals surface area (Å²) in [6.45, 7) is 11.1. The summed E-state index contributed by atoms with van der Waals surface area (Å²) in [5, 5.41) is 7.59. The van der Waals surface area contributed by atoms with Gasteiger partial charge in [0.1, 0.15) is 21.9 Å². The molecule has 0 unspecified atom stereocenters. The highest BCUT2D eigenvalue weighted by molar-refractivity contribution is 6.31. The van der Waals surface area contributed by atoms with Gasteiger partial charge in [0.15, 0.2) is 5.82 Å². The highest BCUT2D eigenvalue weighted by Crippen LogP contribution is 2.36. The van der Waals surface area contributed by atoms with E-state index >= 15 is 0 Å². The number of fused-ring (bicyclic) bond motifs is 1. The SMILES string of the molecule is CC(C)(C)OC(=O)N[C@H](Cc1cc2c(N(Cc3ccccc3)C(=O)OC(C)(C)C)nc(Cl)nn2c1Cl)CC1CC1. The average molecular weight is 591 g/mol. The van der Waals surface area contributed by atoms with Crippen molar-refractivity contribution < 1.29 is 19.1 Å². The predicted molar refractivity (Wildman–Crippen MR) is 156 cm³/mol. The van der Waals surface area contributed by atoms with Crippen LogP contribution < -0.4 is 10.2 Å². The fourth-order valence-electron chi connectivity index (χ4n) is 4.37. The van der Waals surface area contributed by atoms with Gasteiger partial charge in [-0.3, -0.25) is 4.90 Å². The van der Waals surface area contributed by atoms with Crippen LogP contribution in [0.1, 0.15) is 71.9 Å². The molecule has 1 fully saturated rings. The number of aromatic nitrogens is 3. The second-order valence-corrected chi connectivity index (χ2v) is 12.9. The van der Waals surface area contributed by atoms with Crippen molar-refractivity contribution in [3.8, 4) is 0 Å². The largest absolute Gasteiger partial charge is 0.444 e. The molecule has 2 heterocycles. The van der Waals surface area contributed by atoms with Crippen molar-refractivity contribution in [3.63, 3.8) is 0 Å². The van der Waals surface area contributed by atoms with Crippen LogP contribution in [0.25, 0.3) is 5.52 Å². The first-order valence-electron chi connectivity index (χ1n) is 13.5. The third kappa shape index (κ3) is 8.24. The lowest BCUT2D eigenvalue weighted by atomic mass is 10.0. The predicted octanol–water partition coefficient (Wildman–Crippen LogP) is 7.21. The van der Waals surface area contributed by atoms with Gasteiger partial charge in [0.2, 0.25) is 5.28 Å². The molecule has 0 aliphatic heterocycles. The molecular weight excluding hydrogens is 553 g/mol. The molecule has 1 N–H and O–H groups in total. The molecule has 0 spiro atoms. The van der Waals surface area contributed by atoms with Gasteiger partial charge in [0.25, 0.3) is 0 Å². The van der Waals surface area contributed by atoms with Crippen LogP contribution >= 0.6 is 23.2 Å². The summed E-state index contributed by atoms with van der Waals surface area (Å²) < 4.78 is 12.7. The van der Waals surface area contributed by atoms with E-state index in [-0.39, 0.29) is 23.7 Å². The van der Waals surface area contributed by atoms with Gasteiger partial charge in [0.05, 0.1) is 6.54 Å². The number of nitrogens with zero attached hydrogens (tertiary/aromatic N) is 4. The minimum absolute atomic E-state index is 0.0745. The number of benzene rings is 1. The Labute approximate surface area is 245 Å². The normalized spacial score (nSPS) is 14.6. The molecule has 40 heavy (non-hydrogen) atoms. The number of amides is 2. The summed E-state index contributed by atoms with van der Waals surface area (Å²) in [6, 6.07) is 11.2. The number of carbonyl (C=O) groups is 2. The number of rotatable bonds is 8. The first-order valence-corrected chi connectivity index (χ1v) is 14.2. The van der Waals surface area contributed by atoms with E-state index in [1.807, 2.05) is 57.2 Å². The monoisotopic (exact) mass is 589 g/mol. The van der Waals surface area contributed by atoms with Gasteiger partial charge in [-0.1, -0.05) is 54.8 Å². The van der Waals surface area contributed by atoms with E-state index in [1.54, 1.807) is 20.8 Å². The van der Waals surface area contributed by atoms with Crippen LogP contribution in [0.4, 0.5) is 15.4 Å². The fraction of sp³-hybridized carbons (Fsp3) is 0.517. The Morgan fingerprint density at radius 1 is 1.07 bits per heavy atom. The average Bonchev–Trinajstić information content (AvgIpc) is 3.59. The maximum Gasteiger partial charge on any atom is 0.416 e. The number of ether oxygens (including phenoxy) is 2. The van der Waals surface area contributed by atoms with Crippen molar-refractivity contribution in [2.75, 3.05) is 4.90 Å². The molecule has 0 saturated heterocycles. The quantitative estimate of drug-likeness (QED) is 0.298. The molecule has 11 heteroatoms. The number of alkyl carbamates (subject to hydrolysis) is 1. The van der Waals surface area contributed by atoms with E-state index in [0.29, 0.717) is 23.0 Å². The van der Waals surface area contributed by atoms with Crippen LogP contribution in [0.3, 0.4) is 0 Å². The summed E-state index contributed by atoms with van der Waals surface area (Å²) >= 11 is 13.2. The standard InChI is InChI=1S/C29H37Cl2N5O4/c1-28(2,3)39-26(37)32-21(14-18-12-13-18)15-20-16-22-24(33-25(31)34-36(22)23(20)30)35(27(38)40-29(4,5)6)17-19-10-8-7-9-11-19/h7-11,16,18,21H,12-15,17H2,1-6H3,(H,32,37)/t21-/m0/s1. The van der Waals surface area contributed by atoms with Crippen LogP contribution in [0, 0.1) is 5.92 Å². The zero-order valence-corrected chi connectivity index (χ0v) is 25.3. The maximum absolute atomic E-state index is 13.4. The van der Waals surface area contributed by atoms with E-state index in [2.05, 4.69) is 15.4 Å². The second kappa shape index (κ2) is 11.8. The van der Waals surface area contributed by atoms with Crippen molar-refractivity contribution in [1.82, 2.24) is 19.9 Å². The number of hydrogen-bond acceptors (Lipinski definition) is 6. The Hall–Kier alpha value is -3.04. The number of hydrogen-bond donors (Lipinski definition) is 1. The van der Waals surface area contributed by atoms with Gasteiger partial charge < -0.3 is 14.8 Å². The minimum Gasteiger partial charge on any atom is -0.444 e. The lowest BCUT2D eigenvalue weighted by Gasteiger charge is -2.27. The smallest absolute Gasteiger partial charge is 0.416 e. The Morgan fingerprint density at radius 2 is 1.73 bits per heavy atom. The van der Waals surface area contributed by atoms with Gasteiger partial charge in [-0.2, -0.15) is 4.98 Å². The number of nitrogens with one attached hydrogen (secondary N) is 1. The molecule has 1 aliphatic carbocycles. The topological polar surface area (TPSA) is 98.1 Å². The van der Waals surface area contributed by atoms with Crippen LogP contribution in [0.5, 0.6) is 0 Å². The van der Waals surface area contributed by atoms with Gasteiger partial charge in [-0.05, 0) is 89.1 Å². The summed E-state index contributed by atoms with van der Waals surface area (Å²) in [5.74, 6) is 0.819. The van der Waals surface area contributed by atoms with Crippen molar-refractivity contribution >= 4 is 46.7 Å². The first kappa shape index (κ1) is 29.9. The lowest BCUT2D eigenvalue weighted by Crippen LogP contribution is -2.40. The van der Waals surface area contributed by atoms with Crippen LogP contribution in [0.2, 0.25) is 10.4 Å². The van der Waals surface area contributed by atoms with E-state index in [1.165, 1.54) is 9.42 Å². The molecule has 1 aromatic carbocycles. The van der Waals surface area contributed by atoms with Crippen LogP contribution in [-0.4, -0.2) is 44.0 Å². The van der Waals surface area contributed by atoms with E-state index in [0.717, 1.165) is 30.4 Å². The minimum atomic E-state index is -0.729. The third-order valence-corrected chi connectivity index (χ3v) is 6.72. The van der Waals surface area contributed by atoms with Gasteiger partial charge in [-0.15, -0.1) is 5.10 Å². The summed E-state index contributed by atoms with van der Waals surface area (Å²) in [7, 11) is 0. The van der Waals surface area contributed by atoms with Gasteiger partial charge in [0, 0.05) is 6.04 Å². The first-order chi connectivity index (χ1) is 18.7. The molecule has 0 bridgehead atoms. The molecule has 4 rings (SSSR count). The number of halogens is 2. The molecule has 9 nitrogen and oxygen atoms in total. The molecule has 1 saturated carbocycles. The van der Waals surface area contributed by atoms with Gasteiger partial charge >= 0.3 is 12.2 Å². The Morgan fingerprint density at radius 3 is 2.33 bits per heavy atom. The fourth-order valence-corrected chi connectivity index (χ4v) is 4.79. The maximum atomic E-state index is 13.4. The summed E-state index contributed by atoms with van der Waals surface area (Å²) in [6.07, 6.45) is 2.46. The summed E-state index contributed by atoms with van der Waals surface area (Å²) in [4.78, 5) is 31.9. The Bertz CT molecular complexity index is 1360. The lowest BCUT2D eigenvalue weighted by molar-refractivity contribution is 0.0498. The molecule has 1 atom stereocenters. The molecule has 2 aromatic heterocycles. The third-order valence-electron chi connectivity index (χ3n) is 6.15. The highest BCUT2D eigenvalue weighted by atomic mass is 35.5. The summed E-state index contributed by atoms with van der Waals surface area (Å²) in [5.41, 5.74) is 0.776. The highest BCUT2D eigenvalue weighted by Gasteiger charge is 2.31. The van der Waals surface area contributed by atoms with Crippen molar-refractivity contribution in [2.24, 2.45) is 5.92 Å². The zero-order valence-electron chi connectivity index (χ0n) is 23.8. The van der Waals surface area contributed by atoms with E-state index in [4.69, 9.17) is 32.7 Å². The molecule has 2 amide bonds. The van der Waals surface area contributed by atoms with E-state index in [9.17, 15) is 9.59 Å². The number of anilines is 1. The number of carbonyl (C=O) groups excluding carboxylic acids is 2. The van der Waals surface area contributed by atoms with Crippen molar-refractivity contribution in [2.45, 2.75) is 91.0 Å². The molecule has 216 valence electrons. The van der Waals surface area contributed by atoms with Crippen molar-refractivity contribution in [3.05, 3.63) is 58.0 Å². The molecule has 0 radical (unpaired) electrons. The molecule has 1 aliphatic rings. The second-order valence-electron chi connectivity index (χ2n) is 12.2.